The van der Waals surface area contributed by atoms with Gasteiger partial charge in [0.05, 0.1) is 6.54 Å². The van der Waals surface area contributed by atoms with E-state index in [1.165, 1.54) is 35.2 Å². The number of amides is 1. The van der Waals surface area contributed by atoms with E-state index >= 15 is 0 Å². The molecule has 31 heavy (non-hydrogen) atoms. The van der Waals surface area contributed by atoms with Gasteiger partial charge in [0.2, 0.25) is 5.91 Å². The minimum absolute atomic E-state index is 0.0770. The van der Waals surface area contributed by atoms with Crippen LogP contribution in [0.25, 0.3) is 0 Å². The minimum atomic E-state index is -3.33. The number of halogens is 2. The molecule has 0 aliphatic carbocycles. The minimum Gasteiger partial charge on any atom is -0.365 e. The van der Waals surface area contributed by atoms with Crippen LogP contribution in [-0.4, -0.2) is 38.5 Å². The van der Waals surface area contributed by atoms with Crippen molar-refractivity contribution >= 4 is 11.7 Å². The van der Waals surface area contributed by atoms with E-state index in [2.05, 4.69) is 25.6 Å². The van der Waals surface area contributed by atoms with Gasteiger partial charge in [0.15, 0.2) is 5.82 Å². The second kappa shape index (κ2) is 9.88. The largest absolute Gasteiger partial charge is 0.365 e. The molecule has 0 saturated carbocycles. The normalized spacial score (nSPS) is 11.2. The van der Waals surface area contributed by atoms with Crippen LogP contribution in [0.15, 0.2) is 59.8 Å². The Morgan fingerprint density at radius 2 is 1.84 bits per heavy atom. The Morgan fingerprint density at radius 1 is 1.10 bits per heavy atom. The molecular weight excluding hydrogens is 406 g/mol. The van der Waals surface area contributed by atoms with Crippen LogP contribution in [0.2, 0.25) is 0 Å². The third kappa shape index (κ3) is 5.91. The molecule has 0 aliphatic rings. The number of carbonyl (C=O) groups excluding carboxylic acids is 1. The van der Waals surface area contributed by atoms with Gasteiger partial charge in [-0.05, 0) is 31.2 Å². The van der Waals surface area contributed by atoms with Crippen molar-refractivity contribution < 1.29 is 13.6 Å². The van der Waals surface area contributed by atoms with Crippen molar-refractivity contribution in [3.63, 3.8) is 0 Å². The predicted octanol–water partition coefficient (Wildman–Crippen LogP) is 1.90. The molecular formula is C21H22F2N6O2. The van der Waals surface area contributed by atoms with E-state index in [4.69, 9.17) is 0 Å². The van der Waals surface area contributed by atoms with Crippen LogP contribution < -0.4 is 16.2 Å². The summed E-state index contributed by atoms with van der Waals surface area (Å²) in [6.07, 6.45) is 4.97. The van der Waals surface area contributed by atoms with Crippen molar-refractivity contribution in [3.8, 4) is 0 Å². The molecule has 0 radical (unpaired) electrons. The quantitative estimate of drug-likeness (QED) is 0.540. The molecule has 8 nitrogen and oxygen atoms in total. The SMILES string of the molecule is Cc1cnc(NCCc2ccccn2)c(=O)n1CC(=O)NCC(F)(F)c1ccccn1. The van der Waals surface area contributed by atoms with Crippen molar-refractivity contribution in [2.45, 2.75) is 25.8 Å². The highest BCUT2D eigenvalue weighted by Crippen LogP contribution is 2.24. The Balaban J connectivity index is 1.60. The molecule has 2 N–H and O–H groups in total. The average Bonchev–Trinajstić information content (AvgIpc) is 2.78. The zero-order valence-corrected chi connectivity index (χ0v) is 16.9. The third-order valence-corrected chi connectivity index (χ3v) is 4.50. The number of pyridine rings is 2. The highest BCUT2D eigenvalue weighted by Gasteiger charge is 2.33. The summed E-state index contributed by atoms with van der Waals surface area (Å²) in [4.78, 5) is 36.8. The van der Waals surface area contributed by atoms with Crippen LogP contribution in [0, 0.1) is 6.92 Å². The fourth-order valence-corrected chi connectivity index (χ4v) is 2.82. The summed E-state index contributed by atoms with van der Waals surface area (Å²) in [5.74, 6) is -3.97. The first-order valence-electron chi connectivity index (χ1n) is 9.63. The standard InChI is InChI=1S/C21H22F2N6O2/c1-15-12-27-19(26-11-8-16-6-2-4-9-24-16)20(31)29(15)13-18(30)28-14-21(22,23)17-7-3-5-10-25-17/h2-7,9-10,12H,8,11,13-14H2,1H3,(H,26,27)(H,28,30). The van der Waals surface area contributed by atoms with Crippen LogP contribution in [0.3, 0.4) is 0 Å². The van der Waals surface area contributed by atoms with Gasteiger partial charge in [0.1, 0.15) is 12.2 Å². The van der Waals surface area contributed by atoms with Gasteiger partial charge in [-0.15, -0.1) is 0 Å². The fourth-order valence-electron chi connectivity index (χ4n) is 2.82. The number of alkyl halides is 2. The number of nitrogens with zero attached hydrogens (tertiary/aromatic N) is 4. The summed E-state index contributed by atoms with van der Waals surface area (Å²) in [7, 11) is 0. The van der Waals surface area contributed by atoms with E-state index in [-0.39, 0.29) is 5.82 Å². The van der Waals surface area contributed by atoms with Gasteiger partial charge in [0, 0.05) is 42.9 Å². The first-order valence-corrected chi connectivity index (χ1v) is 9.63. The lowest BCUT2D eigenvalue weighted by Crippen LogP contribution is -2.39. The maximum atomic E-state index is 14.2. The summed E-state index contributed by atoms with van der Waals surface area (Å²) in [5, 5.41) is 5.11. The Labute approximate surface area is 177 Å². The fraction of sp³-hybridized carbons (Fsp3) is 0.286. The Bertz CT molecular complexity index is 1070. The lowest BCUT2D eigenvalue weighted by Gasteiger charge is -2.17. The summed E-state index contributed by atoms with van der Waals surface area (Å²) >= 11 is 0. The van der Waals surface area contributed by atoms with Crippen molar-refractivity contribution in [1.29, 1.82) is 0 Å². The smallest absolute Gasteiger partial charge is 0.306 e. The highest BCUT2D eigenvalue weighted by atomic mass is 19.3. The molecule has 3 aromatic heterocycles. The second-order valence-corrected chi connectivity index (χ2v) is 6.83. The van der Waals surface area contributed by atoms with Crippen molar-refractivity contribution in [2.24, 2.45) is 0 Å². The van der Waals surface area contributed by atoms with E-state index in [1.807, 2.05) is 18.2 Å². The molecule has 0 aliphatic heterocycles. The molecule has 10 heteroatoms. The molecule has 0 bridgehead atoms. The maximum absolute atomic E-state index is 14.2. The number of hydrogen-bond donors (Lipinski definition) is 2. The number of aromatic nitrogens is 4. The Hall–Kier alpha value is -3.69. The van der Waals surface area contributed by atoms with Crippen LogP contribution in [0.1, 0.15) is 17.1 Å². The number of aryl methyl sites for hydroxylation is 1. The van der Waals surface area contributed by atoms with E-state index in [9.17, 15) is 18.4 Å². The van der Waals surface area contributed by atoms with Crippen LogP contribution >= 0.6 is 0 Å². The van der Waals surface area contributed by atoms with Gasteiger partial charge < -0.3 is 10.6 Å². The van der Waals surface area contributed by atoms with Crippen molar-refractivity contribution in [2.75, 3.05) is 18.4 Å². The van der Waals surface area contributed by atoms with Crippen molar-refractivity contribution in [1.82, 2.24) is 24.8 Å². The number of nitrogens with one attached hydrogen (secondary N) is 2. The molecule has 162 valence electrons. The molecule has 3 rings (SSSR count). The topological polar surface area (TPSA) is 102 Å². The van der Waals surface area contributed by atoms with E-state index in [0.717, 1.165) is 5.69 Å². The molecule has 0 unspecified atom stereocenters. The van der Waals surface area contributed by atoms with E-state index in [1.54, 1.807) is 13.1 Å². The molecule has 0 spiro atoms. The predicted molar refractivity (Wildman–Crippen MR) is 111 cm³/mol. The van der Waals surface area contributed by atoms with E-state index < -0.39 is 36.2 Å². The molecule has 3 aromatic rings. The molecule has 0 aromatic carbocycles. The van der Waals surface area contributed by atoms with Gasteiger partial charge >= 0.3 is 5.92 Å². The summed E-state index contributed by atoms with van der Waals surface area (Å²) in [6.45, 7) is 0.712. The Kier molecular flexibility index (Phi) is 7.01. The average molecular weight is 428 g/mol. The van der Waals surface area contributed by atoms with E-state index in [0.29, 0.717) is 18.7 Å². The summed E-state index contributed by atoms with van der Waals surface area (Å²) in [5.41, 5.74) is 0.349. The summed E-state index contributed by atoms with van der Waals surface area (Å²) in [6, 6.07) is 9.71. The summed E-state index contributed by atoms with van der Waals surface area (Å²) < 4.78 is 29.6. The lowest BCUT2D eigenvalue weighted by molar-refractivity contribution is -0.124. The number of carbonyl (C=O) groups is 1. The lowest BCUT2D eigenvalue weighted by atomic mass is 10.2. The molecule has 0 fully saturated rings. The van der Waals surface area contributed by atoms with Crippen molar-refractivity contribution in [3.05, 3.63) is 82.4 Å². The van der Waals surface area contributed by atoms with Crippen LogP contribution in [-0.2, 0) is 23.7 Å². The van der Waals surface area contributed by atoms with Crippen LogP contribution in [0.5, 0.6) is 0 Å². The first-order chi connectivity index (χ1) is 14.9. The van der Waals surface area contributed by atoms with Gasteiger partial charge in [-0.1, -0.05) is 12.1 Å². The molecule has 1 amide bonds. The maximum Gasteiger partial charge on any atom is 0.306 e. The highest BCUT2D eigenvalue weighted by molar-refractivity contribution is 5.76. The van der Waals surface area contributed by atoms with Gasteiger partial charge in [-0.25, -0.2) is 4.98 Å². The Morgan fingerprint density at radius 3 is 2.52 bits per heavy atom. The zero-order chi connectivity index (χ0) is 22.3. The van der Waals surface area contributed by atoms with Gasteiger partial charge in [0.25, 0.3) is 5.56 Å². The molecule has 0 atom stereocenters. The van der Waals surface area contributed by atoms with Gasteiger partial charge in [-0.2, -0.15) is 8.78 Å². The molecule has 3 heterocycles. The number of hydrogen-bond acceptors (Lipinski definition) is 6. The number of rotatable bonds is 9. The zero-order valence-electron chi connectivity index (χ0n) is 16.9. The second-order valence-electron chi connectivity index (χ2n) is 6.83. The van der Waals surface area contributed by atoms with Gasteiger partial charge in [-0.3, -0.25) is 24.1 Å². The van der Waals surface area contributed by atoms with Crippen LogP contribution in [0.4, 0.5) is 14.6 Å². The number of anilines is 1. The monoisotopic (exact) mass is 428 g/mol. The third-order valence-electron chi connectivity index (χ3n) is 4.50. The molecule has 0 saturated heterocycles. The first kappa shape index (κ1) is 22.0.